The number of hydrogen-bond acceptors (Lipinski definition) is 4. The highest BCUT2D eigenvalue weighted by Gasteiger charge is 2.36. The van der Waals surface area contributed by atoms with Crippen LogP contribution in [0.2, 0.25) is 0 Å². The molecule has 0 aliphatic rings. The van der Waals surface area contributed by atoms with Crippen LogP contribution in [0, 0.1) is 5.82 Å². The van der Waals surface area contributed by atoms with Crippen molar-refractivity contribution in [2.45, 2.75) is 26.1 Å². The Labute approximate surface area is 161 Å². The molecule has 0 spiro atoms. The van der Waals surface area contributed by atoms with Crippen molar-refractivity contribution in [2.75, 3.05) is 11.1 Å². The maximum Gasteiger partial charge on any atom is 0.435 e. The van der Waals surface area contributed by atoms with E-state index in [1.807, 2.05) is 0 Å². The monoisotopic (exact) mass is 412 g/mol. The summed E-state index contributed by atoms with van der Waals surface area (Å²) in [5.74, 6) is -1.36. The third-order valence-corrected chi connectivity index (χ3v) is 4.95. The summed E-state index contributed by atoms with van der Waals surface area (Å²) in [6.45, 7) is 3.39. The van der Waals surface area contributed by atoms with Crippen LogP contribution < -0.4 is 11.1 Å². The van der Waals surface area contributed by atoms with Gasteiger partial charge < -0.3 is 11.1 Å². The van der Waals surface area contributed by atoms with Crippen LogP contribution in [0.4, 0.5) is 28.3 Å². The van der Waals surface area contributed by atoms with E-state index in [9.17, 15) is 22.4 Å². The number of nitrogens with two attached hydrogens (primary N) is 1. The smallest absolute Gasteiger partial charge is 0.397 e. The van der Waals surface area contributed by atoms with Gasteiger partial charge in [0, 0.05) is 6.04 Å². The molecular weight excluding hydrogens is 396 g/mol. The van der Waals surface area contributed by atoms with Gasteiger partial charge in [-0.05, 0) is 38.1 Å². The molecule has 2 aromatic heterocycles. The second-order valence-corrected chi connectivity index (χ2v) is 7.33. The quantitative estimate of drug-likeness (QED) is 0.580. The van der Waals surface area contributed by atoms with Crippen LogP contribution in [0.1, 0.15) is 35.9 Å². The highest BCUT2D eigenvalue weighted by atomic mass is 32.1. The van der Waals surface area contributed by atoms with Crippen molar-refractivity contribution in [3.8, 4) is 10.6 Å². The van der Waals surface area contributed by atoms with E-state index < -0.39 is 23.6 Å². The maximum atomic E-state index is 13.7. The van der Waals surface area contributed by atoms with Gasteiger partial charge in [0.05, 0.1) is 26.8 Å². The predicted octanol–water partition coefficient (Wildman–Crippen LogP) is 5.18. The Morgan fingerprint density at radius 2 is 1.93 bits per heavy atom. The minimum atomic E-state index is -4.59. The molecule has 1 amide bonds. The van der Waals surface area contributed by atoms with Gasteiger partial charge in [-0.1, -0.05) is 12.1 Å². The molecule has 28 heavy (non-hydrogen) atoms. The molecule has 3 aromatic rings. The largest absolute Gasteiger partial charge is 0.435 e. The number of nitrogens with zero attached hydrogens (tertiary/aromatic N) is 2. The average molecular weight is 412 g/mol. The molecule has 0 bridgehead atoms. The zero-order chi connectivity index (χ0) is 20.6. The number of nitrogens with one attached hydrogen (secondary N) is 1. The van der Waals surface area contributed by atoms with Crippen molar-refractivity contribution in [1.29, 1.82) is 0 Å². The predicted molar refractivity (Wildman–Crippen MR) is 99.7 cm³/mol. The van der Waals surface area contributed by atoms with E-state index in [1.54, 1.807) is 13.8 Å². The molecule has 2 heterocycles. The molecule has 0 fully saturated rings. The van der Waals surface area contributed by atoms with Crippen LogP contribution in [0.5, 0.6) is 0 Å². The topological polar surface area (TPSA) is 72.9 Å². The van der Waals surface area contributed by atoms with Crippen molar-refractivity contribution >= 4 is 27.9 Å². The lowest BCUT2D eigenvalue weighted by atomic mass is 10.2. The Balaban J connectivity index is 1.96. The van der Waals surface area contributed by atoms with E-state index in [1.165, 1.54) is 28.9 Å². The van der Waals surface area contributed by atoms with Gasteiger partial charge in [-0.3, -0.25) is 9.48 Å². The number of alkyl halides is 3. The SMILES string of the molecule is CC(C)n1nc(C(F)(F)F)cc1-c1sc(NC(=O)c2ccccc2F)cc1N. The first-order valence-electron chi connectivity index (χ1n) is 8.20. The van der Waals surface area contributed by atoms with Gasteiger partial charge in [-0.2, -0.15) is 18.3 Å². The van der Waals surface area contributed by atoms with E-state index in [-0.39, 0.29) is 28.0 Å². The van der Waals surface area contributed by atoms with E-state index >= 15 is 0 Å². The second kappa shape index (κ2) is 7.27. The number of anilines is 2. The van der Waals surface area contributed by atoms with Gasteiger partial charge in [0.15, 0.2) is 5.69 Å². The van der Waals surface area contributed by atoms with E-state index in [0.29, 0.717) is 4.88 Å². The molecule has 0 saturated carbocycles. The minimum absolute atomic E-state index is 0.150. The third kappa shape index (κ3) is 3.86. The first kappa shape index (κ1) is 19.9. The fraction of sp³-hybridized carbons (Fsp3) is 0.222. The number of aromatic nitrogens is 2. The summed E-state index contributed by atoms with van der Waals surface area (Å²) in [7, 11) is 0. The summed E-state index contributed by atoms with van der Waals surface area (Å²) in [5, 5.41) is 6.44. The first-order chi connectivity index (χ1) is 13.1. The van der Waals surface area contributed by atoms with Crippen LogP contribution >= 0.6 is 11.3 Å². The van der Waals surface area contributed by atoms with Gasteiger partial charge in [-0.25, -0.2) is 4.39 Å². The normalized spacial score (nSPS) is 11.8. The highest BCUT2D eigenvalue weighted by Crippen LogP contribution is 2.41. The van der Waals surface area contributed by atoms with Gasteiger partial charge in [-0.15, -0.1) is 11.3 Å². The van der Waals surface area contributed by atoms with Crippen LogP contribution in [0.3, 0.4) is 0 Å². The van der Waals surface area contributed by atoms with Gasteiger partial charge in [0.25, 0.3) is 5.91 Å². The fourth-order valence-corrected chi connectivity index (χ4v) is 3.57. The Hall–Kier alpha value is -2.88. The zero-order valence-corrected chi connectivity index (χ0v) is 15.7. The molecule has 10 heteroatoms. The minimum Gasteiger partial charge on any atom is -0.397 e. The Bertz CT molecular complexity index is 1020. The number of benzene rings is 1. The second-order valence-electron chi connectivity index (χ2n) is 6.28. The lowest BCUT2D eigenvalue weighted by Crippen LogP contribution is -2.12. The van der Waals surface area contributed by atoms with Crippen molar-refractivity contribution in [2.24, 2.45) is 0 Å². The molecule has 0 radical (unpaired) electrons. The van der Waals surface area contributed by atoms with Crippen molar-refractivity contribution in [3.63, 3.8) is 0 Å². The van der Waals surface area contributed by atoms with Crippen LogP contribution in [0.25, 0.3) is 10.6 Å². The average Bonchev–Trinajstić information content (AvgIpc) is 3.18. The van der Waals surface area contributed by atoms with E-state index in [0.717, 1.165) is 23.5 Å². The molecular formula is C18H16F4N4OS. The summed E-state index contributed by atoms with van der Waals surface area (Å²) in [4.78, 5) is 12.6. The number of carbonyl (C=O) groups excluding carboxylic acids is 1. The maximum absolute atomic E-state index is 13.7. The first-order valence-corrected chi connectivity index (χ1v) is 9.02. The number of thiophene rings is 1. The summed E-state index contributed by atoms with van der Waals surface area (Å²) in [6, 6.07) is 7.46. The molecule has 0 aliphatic carbocycles. The number of carbonyl (C=O) groups is 1. The number of halogens is 4. The van der Waals surface area contributed by atoms with Crippen molar-refractivity contribution in [1.82, 2.24) is 9.78 Å². The summed E-state index contributed by atoms with van der Waals surface area (Å²) < 4.78 is 54.2. The van der Waals surface area contributed by atoms with Crippen molar-refractivity contribution < 1.29 is 22.4 Å². The molecule has 0 atom stereocenters. The van der Waals surface area contributed by atoms with Crippen molar-refractivity contribution in [3.05, 3.63) is 53.5 Å². The van der Waals surface area contributed by atoms with E-state index in [4.69, 9.17) is 5.73 Å². The van der Waals surface area contributed by atoms with Gasteiger partial charge in [0.1, 0.15) is 5.82 Å². The summed E-state index contributed by atoms with van der Waals surface area (Å²) >= 11 is 0.989. The third-order valence-electron chi connectivity index (χ3n) is 3.86. The van der Waals surface area contributed by atoms with Gasteiger partial charge >= 0.3 is 6.18 Å². The molecule has 5 nitrogen and oxygen atoms in total. The van der Waals surface area contributed by atoms with E-state index in [2.05, 4.69) is 10.4 Å². The van der Waals surface area contributed by atoms with Gasteiger partial charge in [0.2, 0.25) is 0 Å². The Kier molecular flexibility index (Phi) is 5.16. The standard InChI is InChI=1S/C18H16F4N4OS/c1-9(2)26-13(8-14(25-26)18(20,21)22)16-12(23)7-15(28-16)24-17(27)10-5-3-4-6-11(10)19/h3-9H,23H2,1-2H3,(H,24,27). The number of hydrogen-bond donors (Lipinski definition) is 2. The lowest BCUT2D eigenvalue weighted by molar-refractivity contribution is -0.141. The number of rotatable bonds is 4. The molecule has 0 aliphatic heterocycles. The zero-order valence-electron chi connectivity index (χ0n) is 14.8. The fourth-order valence-electron chi connectivity index (χ4n) is 2.59. The Morgan fingerprint density at radius 1 is 1.25 bits per heavy atom. The molecule has 3 N–H and O–H groups in total. The molecule has 1 aromatic carbocycles. The molecule has 148 valence electrons. The number of nitrogen functional groups attached to an aromatic ring is 1. The molecule has 0 unspecified atom stereocenters. The molecule has 0 saturated heterocycles. The highest BCUT2D eigenvalue weighted by molar-refractivity contribution is 7.20. The number of amides is 1. The lowest BCUT2D eigenvalue weighted by Gasteiger charge is -2.10. The van der Waals surface area contributed by atoms with Crippen LogP contribution in [-0.4, -0.2) is 15.7 Å². The van der Waals surface area contributed by atoms with Crippen LogP contribution in [-0.2, 0) is 6.18 Å². The summed E-state index contributed by atoms with van der Waals surface area (Å²) in [6.07, 6.45) is -4.59. The molecule has 3 rings (SSSR count). The Morgan fingerprint density at radius 3 is 2.54 bits per heavy atom. The van der Waals surface area contributed by atoms with Crippen LogP contribution in [0.15, 0.2) is 36.4 Å². The summed E-state index contributed by atoms with van der Waals surface area (Å²) in [5.41, 5.74) is 5.17.